The third-order valence-electron chi connectivity index (χ3n) is 3.76. The van der Waals surface area contributed by atoms with Crippen molar-refractivity contribution >= 4 is 17.5 Å². The highest BCUT2D eigenvalue weighted by Gasteiger charge is 2.37. The predicted molar refractivity (Wildman–Crippen MR) is 83.2 cm³/mol. The molecular formula is C15H25ClN2O4. The van der Waals surface area contributed by atoms with Gasteiger partial charge in [-0.3, -0.25) is 9.69 Å². The number of likely N-dealkylation sites (tertiary alicyclic amines) is 1. The standard InChI is InChI=1S/C15H25ClN2O4/c1-15(2,3)22-14(20)18-7-10(8-18)21-9-4-5-12(16)11(6-9)13(17)19/h4-5,9-12,14,20H,6-8H2,1-3H3,(H2,17,19)/t9-,11?,12+,14+/m0/s1. The summed E-state index contributed by atoms with van der Waals surface area (Å²) in [6.45, 7) is 6.86. The Morgan fingerprint density at radius 1 is 1.41 bits per heavy atom. The van der Waals surface area contributed by atoms with Gasteiger partial charge in [-0.1, -0.05) is 12.2 Å². The Morgan fingerprint density at radius 2 is 2.05 bits per heavy atom. The number of nitrogens with two attached hydrogens (primary N) is 1. The van der Waals surface area contributed by atoms with E-state index in [4.69, 9.17) is 26.8 Å². The number of hydrogen-bond acceptors (Lipinski definition) is 5. The van der Waals surface area contributed by atoms with E-state index in [-0.39, 0.29) is 17.6 Å². The van der Waals surface area contributed by atoms with Crippen LogP contribution in [0.2, 0.25) is 0 Å². The van der Waals surface area contributed by atoms with Crippen LogP contribution < -0.4 is 5.73 Å². The fraction of sp³-hybridized carbons (Fsp3) is 0.800. The molecule has 4 atom stereocenters. The summed E-state index contributed by atoms with van der Waals surface area (Å²) < 4.78 is 11.4. The summed E-state index contributed by atoms with van der Waals surface area (Å²) in [5.41, 5.74) is 4.95. The van der Waals surface area contributed by atoms with Crippen LogP contribution in [0.4, 0.5) is 0 Å². The lowest BCUT2D eigenvalue weighted by Crippen LogP contribution is -2.59. The highest BCUT2D eigenvalue weighted by Crippen LogP contribution is 2.28. The molecular weight excluding hydrogens is 308 g/mol. The van der Waals surface area contributed by atoms with Crippen LogP contribution in [-0.4, -0.2) is 58.6 Å². The number of primary amides is 1. The molecule has 1 saturated heterocycles. The number of aliphatic hydroxyl groups is 1. The fourth-order valence-corrected chi connectivity index (χ4v) is 2.88. The molecule has 1 heterocycles. The first-order chi connectivity index (χ1) is 10.2. The second-order valence-corrected chi connectivity index (χ2v) is 7.38. The third-order valence-corrected chi connectivity index (χ3v) is 4.21. The second kappa shape index (κ2) is 6.84. The number of halogens is 1. The van der Waals surface area contributed by atoms with Crippen LogP contribution in [0, 0.1) is 5.92 Å². The lowest BCUT2D eigenvalue weighted by Gasteiger charge is -2.44. The third kappa shape index (κ3) is 4.67. The summed E-state index contributed by atoms with van der Waals surface area (Å²) >= 11 is 6.05. The van der Waals surface area contributed by atoms with Crippen LogP contribution in [0.1, 0.15) is 27.2 Å². The molecule has 0 saturated carbocycles. The molecule has 0 spiro atoms. The highest BCUT2D eigenvalue weighted by atomic mass is 35.5. The van der Waals surface area contributed by atoms with Crippen molar-refractivity contribution in [3.05, 3.63) is 12.2 Å². The van der Waals surface area contributed by atoms with E-state index in [2.05, 4.69) is 0 Å². The van der Waals surface area contributed by atoms with Gasteiger partial charge >= 0.3 is 0 Å². The van der Waals surface area contributed by atoms with E-state index in [1.165, 1.54) is 0 Å². The monoisotopic (exact) mass is 332 g/mol. The summed E-state index contributed by atoms with van der Waals surface area (Å²) in [6.07, 6.45) is 3.05. The maximum Gasteiger partial charge on any atom is 0.222 e. The summed E-state index contributed by atoms with van der Waals surface area (Å²) in [5.74, 6) is -0.801. The molecule has 1 aliphatic heterocycles. The van der Waals surface area contributed by atoms with Gasteiger partial charge in [-0.2, -0.15) is 0 Å². The van der Waals surface area contributed by atoms with Crippen molar-refractivity contribution in [1.29, 1.82) is 0 Å². The molecule has 0 bridgehead atoms. The molecule has 0 aromatic rings. The fourth-order valence-electron chi connectivity index (χ4n) is 2.57. The molecule has 0 aromatic carbocycles. The van der Waals surface area contributed by atoms with Crippen LogP contribution in [0.25, 0.3) is 0 Å². The van der Waals surface area contributed by atoms with E-state index < -0.39 is 23.8 Å². The van der Waals surface area contributed by atoms with E-state index in [1.54, 1.807) is 11.0 Å². The van der Waals surface area contributed by atoms with Crippen molar-refractivity contribution in [2.24, 2.45) is 11.7 Å². The van der Waals surface area contributed by atoms with Gasteiger partial charge in [-0.25, -0.2) is 0 Å². The van der Waals surface area contributed by atoms with Gasteiger partial charge in [0.15, 0.2) is 0 Å². The number of ether oxygens (including phenoxy) is 2. The minimum atomic E-state index is -0.924. The molecule has 1 aliphatic carbocycles. The van der Waals surface area contributed by atoms with Crippen LogP contribution in [-0.2, 0) is 14.3 Å². The second-order valence-electron chi connectivity index (χ2n) is 6.88. The number of nitrogens with zero attached hydrogens (tertiary/aromatic N) is 1. The molecule has 2 rings (SSSR count). The number of alkyl halides is 1. The van der Waals surface area contributed by atoms with Gasteiger partial charge in [-0.15, -0.1) is 11.6 Å². The number of rotatable bonds is 5. The van der Waals surface area contributed by atoms with Crippen LogP contribution in [0.5, 0.6) is 0 Å². The van der Waals surface area contributed by atoms with Crippen molar-refractivity contribution in [2.75, 3.05) is 13.1 Å². The van der Waals surface area contributed by atoms with Gasteiger partial charge in [-0.05, 0) is 27.2 Å². The Bertz CT molecular complexity index is 432. The average molecular weight is 333 g/mol. The van der Waals surface area contributed by atoms with Crippen molar-refractivity contribution in [3.8, 4) is 0 Å². The zero-order valence-electron chi connectivity index (χ0n) is 13.2. The SMILES string of the molecule is CC(C)(C)O[C@@H](O)N1CC(O[C@H]2C=C[C@@H](Cl)C(C(N)=O)C2)C1. The quantitative estimate of drug-likeness (QED) is 0.442. The molecule has 7 heteroatoms. The van der Waals surface area contributed by atoms with Crippen LogP contribution in [0.3, 0.4) is 0 Å². The van der Waals surface area contributed by atoms with Gasteiger partial charge in [0.2, 0.25) is 12.3 Å². The van der Waals surface area contributed by atoms with Crippen molar-refractivity contribution in [3.63, 3.8) is 0 Å². The molecule has 2 aliphatic rings. The average Bonchev–Trinajstić information content (AvgIpc) is 2.32. The molecule has 1 unspecified atom stereocenters. The first-order valence-corrected chi connectivity index (χ1v) is 7.96. The van der Waals surface area contributed by atoms with Crippen molar-refractivity contribution in [2.45, 2.75) is 56.8 Å². The van der Waals surface area contributed by atoms with Gasteiger partial charge in [0.05, 0.1) is 29.1 Å². The number of amides is 1. The lowest BCUT2D eigenvalue weighted by molar-refractivity contribution is -0.273. The Labute approximate surface area is 136 Å². The van der Waals surface area contributed by atoms with Crippen LogP contribution >= 0.6 is 11.6 Å². The van der Waals surface area contributed by atoms with E-state index >= 15 is 0 Å². The lowest BCUT2D eigenvalue weighted by atomic mass is 9.91. The van der Waals surface area contributed by atoms with E-state index in [0.717, 1.165) is 0 Å². The number of carbonyl (C=O) groups is 1. The molecule has 1 amide bonds. The summed E-state index contributed by atoms with van der Waals surface area (Å²) in [7, 11) is 0. The maximum absolute atomic E-state index is 11.3. The Kier molecular flexibility index (Phi) is 5.50. The summed E-state index contributed by atoms with van der Waals surface area (Å²) in [6, 6.07) is 0. The molecule has 22 heavy (non-hydrogen) atoms. The van der Waals surface area contributed by atoms with E-state index in [9.17, 15) is 9.90 Å². The number of aliphatic hydroxyl groups excluding tert-OH is 1. The van der Waals surface area contributed by atoms with Gasteiger partial charge in [0.1, 0.15) is 0 Å². The number of carbonyl (C=O) groups excluding carboxylic acids is 1. The normalized spacial score (nSPS) is 31.8. The minimum absolute atomic E-state index is 0.00766. The van der Waals surface area contributed by atoms with Gasteiger partial charge in [0.25, 0.3) is 0 Å². The van der Waals surface area contributed by atoms with E-state index in [0.29, 0.717) is 19.5 Å². The molecule has 0 radical (unpaired) electrons. The van der Waals surface area contributed by atoms with Gasteiger partial charge in [0, 0.05) is 13.1 Å². The summed E-state index contributed by atoms with van der Waals surface area (Å²) in [4.78, 5) is 13.1. The van der Waals surface area contributed by atoms with Crippen LogP contribution in [0.15, 0.2) is 12.2 Å². The first-order valence-electron chi connectivity index (χ1n) is 7.53. The predicted octanol–water partition coefficient (Wildman–Crippen LogP) is 0.816. The summed E-state index contributed by atoms with van der Waals surface area (Å²) in [5, 5.41) is 9.57. The zero-order chi connectivity index (χ0) is 16.5. The molecule has 3 N–H and O–H groups in total. The molecule has 1 fully saturated rings. The topological polar surface area (TPSA) is 85.0 Å². The number of allylic oxidation sites excluding steroid dienone is 1. The Morgan fingerprint density at radius 3 is 2.59 bits per heavy atom. The highest BCUT2D eigenvalue weighted by molar-refractivity contribution is 6.23. The zero-order valence-corrected chi connectivity index (χ0v) is 14.0. The number of hydrogen-bond donors (Lipinski definition) is 2. The largest absolute Gasteiger partial charge is 0.369 e. The Balaban J connectivity index is 1.76. The maximum atomic E-state index is 11.3. The Hall–Kier alpha value is -0.660. The molecule has 0 aromatic heterocycles. The van der Waals surface area contributed by atoms with Crippen molar-refractivity contribution in [1.82, 2.24) is 4.90 Å². The molecule has 6 nitrogen and oxygen atoms in total. The van der Waals surface area contributed by atoms with Crippen molar-refractivity contribution < 1.29 is 19.4 Å². The van der Waals surface area contributed by atoms with E-state index in [1.807, 2.05) is 26.8 Å². The molecule has 126 valence electrons. The first kappa shape index (κ1) is 17.7. The van der Waals surface area contributed by atoms with Gasteiger partial charge < -0.3 is 20.3 Å². The minimum Gasteiger partial charge on any atom is -0.369 e. The smallest absolute Gasteiger partial charge is 0.222 e.